The van der Waals surface area contributed by atoms with Crippen molar-refractivity contribution in [3.8, 4) is 5.75 Å². The van der Waals surface area contributed by atoms with Gasteiger partial charge in [0.1, 0.15) is 17.4 Å². The van der Waals surface area contributed by atoms with Crippen LogP contribution in [0.3, 0.4) is 0 Å². The van der Waals surface area contributed by atoms with Crippen LogP contribution in [0, 0.1) is 5.82 Å². The van der Waals surface area contributed by atoms with Gasteiger partial charge in [-0.3, -0.25) is 4.79 Å². The van der Waals surface area contributed by atoms with Crippen molar-refractivity contribution in [2.45, 2.75) is 6.54 Å². The minimum Gasteiger partial charge on any atom is -0.495 e. The minimum atomic E-state index is -0.315. The van der Waals surface area contributed by atoms with E-state index in [9.17, 15) is 9.18 Å². The fourth-order valence-corrected chi connectivity index (χ4v) is 2.67. The highest BCUT2D eigenvalue weighted by molar-refractivity contribution is 6.32. The molecule has 138 valence electrons. The number of nitrogens with one attached hydrogen (secondary N) is 2. The van der Waals surface area contributed by atoms with Crippen molar-refractivity contribution in [1.29, 1.82) is 0 Å². The molecule has 0 atom stereocenters. The van der Waals surface area contributed by atoms with Crippen molar-refractivity contribution in [2.75, 3.05) is 17.7 Å². The molecule has 0 saturated heterocycles. The number of halogens is 2. The molecule has 2 aromatic carbocycles. The van der Waals surface area contributed by atoms with Gasteiger partial charge in [-0.1, -0.05) is 29.8 Å². The minimum absolute atomic E-state index is 0.279. The summed E-state index contributed by atoms with van der Waals surface area (Å²) < 4.78 is 18.7. The predicted octanol–water partition coefficient (Wildman–Crippen LogP) is 4.75. The summed E-state index contributed by atoms with van der Waals surface area (Å²) in [6.07, 6.45) is 1.45. The van der Waals surface area contributed by atoms with Crippen LogP contribution in [-0.2, 0) is 6.54 Å². The van der Waals surface area contributed by atoms with Gasteiger partial charge in [-0.2, -0.15) is 0 Å². The van der Waals surface area contributed by atoms with Crippen molar-refractivity contribution in [1.82, 2.24) is 4.98 Å². The zero-order valence-electron chi connectivity index (χ0n) is 14.5. The van der Waals surface area contributed by atoms with Crippen LogP contribution in [0.25, 0.3) is 0 Å². The molecule has 0 unspecified atom stereocenters. The van der Waals surface area contributed by atoms with Crippen LogP contribution < -0.4 is 15.4 Å². The number of benzene rings is 2. The summed E-state index contributed by atoms with van der Waals surface area (Å²) in [6, 6.07) is 14.8. The topological polar surface area (TPSA) is 63.2 Å². The lowest BCUT2D eigenvalue weighted by Gasteiger charge is -2.09. The summed E-state index contributed by atoms with van der Waals surface area (Å²) in [5.74, 6) is 0.479. The Labute approximate surface area is 161 Å². The number of amides is 1. The van der Waals surface area contributed by atoms with Crippen LogP contribution in [0.4, 0.5) is 15.9 Å². The molecule has 2 N–H and O–H groups in total. The number of methoxy groups -OCH3 is 1. The van der Waals surface area contributed by atoms with Gasteiger partial charge in [-0.15, -0.1) is 0 Å². The maximum atomic E-state index is 13.6. The first-order chi connectivity index (χ1) is 13.1. The number of hydrogen-bond acceptors (Lipinski definition) is 4. The molecule has 0 radical (unpaired) electrons. The molecule has 5 nitrogen and oxygen atoms in total. The monoisotopic (exact) mass is 385 g/mol. The van der Waals surface area contributed by atoms with Crippen LogP contribution in [-0.4, -0.2) is 18.0 Å². The molecule has 0 aliphatic heterocycles. The zero-order valence-corrected chi connectivity index (χ0v) is 15.3. The number of nitrogens with zero attached hydrogens (tertiary/aromatic N) is 1. The summed E-state index contributed by atoms with van der Waals surface area (Å²) in [4.78, 5) is 16.5. The Bertz CT molecular complexity index is 948. The third-order valence-corrected chi connectivity index (χ3v) is 4.15. The standard InChI is InChI=1S/C20H17ClFN3O2/c1-27-18-8-7-15(10-16(18)21)25-20(26)14-6-9-19(24-12-14)23-11-13-4-2-3-5-17(13)22/h2-10,12H,11H2,1H3,(H,23,24)(H,25,26). The van der Waals surface area contributed by atoms with Gasteiger partial charge < -0.3 is 15.4 Å². The molecule has 0 saturated carbocycles. The number of ether oxygens (including phenoxy) is 1. The third-order valence-electron chi connectivity index (χ3n) is 3.85. The zero-order chi connectivity index (χ0) is 19.2. The normalized spacial score (nSPS) is 10.3. The first-order valence-corrected chi connectivity index (χ1v) is 8.53. The fraction of sp³-hybridized carbons (Fsp3) is 0.100. The van der Waals surface area contributed by atoms with Gasteiger partial charge in [0.2, 0.25) is 0 Å². The van der Waals surface area contributed by atoms with E-state index in [2.05, 4.69) is 15.6 Å². The van der Waals surface area contributed by atoms with E-state index in [0.29, 0.717) is 39.9 Å². The first-order valence-electron chi connectivity index (χ1n) is 8.15. The smallest absolute Gasteiger partial charge is 0.257 e. The number of pyridine rings is 1. The number of carbonyl (C=O) groups excluding carboxylic acids is 1. The van der Waals surface area contributed by atoms with E-state index in [0.717, 1.165) is 0 Å². The molecule has 0 aliphatic rings. The van der Waals surface area contributed by atoms with Crippen LogP contribution in [0.5, 0.6) is 5.75 Å². The summed E-state index contributed by atoms with van der Waals surface area (Å²) in [5, 5.41) is 6.17. The first kappa shape index (κ1) is 18.7. The Balaban J connectivity index is 1.62. The second-order valence-corrected chi connectivity index (χ2v) is 6.09. The lowest BCUT2D eigenvalue weighted by molar-refractivity contribution is 0.102. The Morgan fingerprint density at radius 3 is 2.67 bits per heavy atom. The van der Waals surface area contributed by atoms with Crippen molar-refractivity contribution in [3.05, 3.63) is 82.8 Å². The average molecular weight is 386 g/mol. The third kappa shape index (κ3) is 4.74. The van der Waals surface area contributed by atoms with E-state index in [-0.39, 0.29) is 11.7 Å². The van der Waals surface area contributed by atoms with Gasteiger partial charge in [0.15, 0.2) is 0 Å². The number of hydrogen-bond donors (Lipinski definition) is 2. The molecule has 0 fully saturated rings. The van der Waals surface area contributed by atoms with E-state index in [1.807, 2.05) is 0 Å². The van der Waals surface area contributed by atoms with Crippen molar-refractivity contribution < 1.29 is 13.9 Å². The van der Waals surface area contributed by atoms with Crippen molar-refractivity contribution >= 4 is 29.0 Å². The lowest BCUT2D eigenvalue weighted by atomic mass is 10.2. The second kappa shape index (κ2) is 8.51. The molecular weight excluding hydrogens is 369 g/mol. The van der Waals surface area contributed by atoms with E-state index >= 15 is 0 Å². The second-order valence-electron chi connectivity index (χ2n) is 5.68. The van der Waals surface area contributed by atoms with E-state index in [4.69, 9.17) is 16.3 Å². The van der Waals surface area contributed by atoms with Gasteiger partial charge >= 0.3 is 0 Å². The molecule has 7 heteroatoms. The maximum absolute atomic E-state index is 13.6. The predicted molar refractivity (Wildman–Crippen MR) is 104 cm³/mol. The molecule has 0 bridgehead atoms. The van der Waals surface area contributed by atoms with Gasteiger partial charge in [0.25, 0.3) is 5.91 Å². The molecule has 1 aromatic heterocycles. The lowest BCUT2D eigenvalue weighted by Crippen LogP contribution is -2.12. The Kier molecular flexibility index (Phi) is 5.88. The summed E-state index contributed by atoms with van der Waals surface area (Å²) in [6.45, 7) is 0.301. The quantitative estimate of drug-likeness (QED) is 0.643. The summed E-state index contributed by atoms with van der Waals surface area (Å²) in [5.41, 5.74) is 1.48. The Morgan fingerprint density at radius 2 is 2.00 bits per heavy atom. The molecule has 1 heterocycles. The molecular formula is C20H17ClFN3O2. The van der Waals surface area contributed by atoms with E-state index < -0.39 is 0 Å². The van der Waals surface area contributed by atoms with Crippen LogP contribution in [0.15, 0.2) is 60.8 Å². The number of aromatic nitrogens is 1. The van der Waals surface area contributed by atoms with E-state index in [1.165, 1.54) is 19.4 Å². The molecule has 1 amide bonds. The van der Waals surface area contributed by atoms with Crippen LogP contribution in [0.1, 0.15) is 15.9 Å². The Morgan fingerprint density at radius 1 is 1.19 bits per heavy atom. The van der Waals surface area contributed by atoms with Crippen LogP contribution in [0.2, 0.25) is 5.02 Å². The van der Waals surface area contributed by atoms with Gasteiger partial charge in [0.05, 0.1) is 17.7 Å². The highest BCUT2D eigenvalue weighted by Gasteiger charge is 2.09. The van der Waals surface area contributed by atoms with E-state index in [1.54, 1.807) is 48.5 Å². The number of carbonyl (C=O) groups is 1. The fourth-order valence-electron chi connectivity index (χ4n) is 2.41. The molecule has 3 rings (SSSR count). The highest BCUT2D eigenvalue weighted by Crippen LogP contribution is 2.27. The summed E-state index contributed by atoms with van der Waals surface area (Å²) >= 11 is 6.05. The van der Waals surface area contributed by atoms with Crippen molar-refractivity contribution in [3.63, 3.8) is 0 Å². The highest BCUT2D eigenvalue weighted by atomic mass is 35.5. The largest absolute Gasteiger partial charge is 0.495 e. The molecule has 0 aliphatic carbocycles. The molecule has 0 spiro atoms. The number of anilines is 2. The summed E-state index contributed by atoms with van der Waals surface area (Å²) in [7, 11) is 1.52. The van der Waals surface area contributed by atoms with Gasteiger partial charge in [-0.05, 0) is 36.4 Å². The Hall–Kier alpha value is -3.12. The molecule has 3 aromatic rings. The number of rotatable bonds is 6. The van der Waals surface area contributed by atoms with Crippen molar-refractivity contribution in [2.24, 2.45) is 0 Å². The van der Waals surface area contributed by atoms with Crippen LogP contribution >= 0.6 is 11.6 Å². The van der Waals surface area contributed by atoms with Gasteiger partial charge in [-0.25, -0.2) is 9.37 Å². The average Bonchev–Trinajstić information content (AvgIpc) is 2.68. The molecule has 27 heavy (non-hydrogen) atoms. The van der Waals surface area contributed by atoms with Gasteiger partial charge in [0, 0.05) is 24.0 Å². The maximum Gasteiger partial charge on any atom is 0.257 e. The SMILES string of the molecule is COc1ccc(NC(=O)c2ccc(NCc3ccccc3F)nc2)cc1Cl.